The Kier molecular flexibility index (Phi) is 4.16. The third kappa shape index (κ3) is 3.52. The standard InChI is InChI=1S/C9H15N5O3/c1-7(8(15)16)6-14-9(17)13(10-11-14)5-4-12(2)3/h6H,4-5H2,1-3H3,(H,15,16)/b7-6+. The summed E-state index contributed by atoms with van der Waals surface area (Å²) < 4.78 is 2.10. The van der Waals surface area contributed by atoms with Gasteiger partial charge in [0, 0.05) is 12.7 Å². The number of aromatic nitrogens is 4. The topological polar surface area (TPSA) is 93.3 Å². The van der Waals surface area contributed by atoms with Crippen LogP contribution >= 0.6 is 0 Å². The summed E-state index contributed by atoms with van der Waals surface area (Å²) in [6.07, 6.45) is 1.14. The second-order valence-corrected chi connectivity index (χ2v) is 3.85. The molecule has 0 aliphatic heterocycles. The van der Waals surface area contributed by atoms with Crippen LogP contribution in [0.4, 0.5) is 0 Å². The fourth-order valence-corrected chi connectivity index (χ4v) is 1.04. The van der Waals surface area contributed by atoms with Crippen LogP contribution in [0.2, 0.25) is 0 Å². The molecule has 0 aromatic carbocycles. The molecule has 0 amide bonds. The van der Waals surface area contributed by atoms with Gasteiger partial charge >= 0.3 is 11.7 Å². The molecule has 0 atom stereocenters. The summed E-state index contributed by atoms with van der Waals surface area (Å²) in [6.45, 7) is 2.44. The van der Waals surface area contributed by atoms with E-state index in [1.165, 1.54) is 11.6 Å². The van der Waals surface area contributed by atoms with Crippen molar-refractivity contribution in [3.05, 3.63) is 16.1 Å². The second kappa shape index (κ2) is 5.39. The Labute approximate surface area is 97.7 Å². The van der Waals surface area contributed by atoms with Crippen LogP contribution in [0.3, 0.4) is 0 Å². The lowest BCUT2D eigenvalue weighted by atomic mass is 10.3. The van der Waals surface area contributed by atoms with E-state index in [1.54, 1.807) is 0 Å². The summed E-state index contributed by atoms with van der Waals surface area (Å²) in [4.78, 5) is 24.2. The van der Waals surface area contributed by atoms with Crippen molar-refractivity contribution in [2.24, 2.45) is 0 Å². The predicted molar refractivity (Wildman–Crippen MR) is 60.4 cm³/mol. The van der Waals surface area contributed by atoms with E-state index in [2.05, 4.69) is 10.4 Å². The van der Waals surface area contributed by atoms with Gasteiger partial charge in [-0.25, -0.2) is 9.59 Å². The van der Waals surface area contributed by atoms with E-state index >= 15 is 0 Å². The quantitative estimate of drug-likeness (QED) is 0.661. The molecule has 0 fully saturated rings. The number of nitrogens with zero attached hydrogens (tertiary/aromatic N) is 5. The average molecular weight is 241 g/mol. The van der Waals surface area contributed by atoms with Gasteiger partial charge in [-0.15, -0.1) is 0 Å². The molecule has 0 aliphatic carbocycles. The third-order valence-corrected chi connectivity index (χ3v) is 2.07. The Balaban J connectivity index is 2.88. The minimum absolute atomic E-state index is 0.0201. The van der Waals surface area contributed by atoms with Crippen LogP contribution in [0.25, 0.3) is 6.20 Å². The van der Waals surface area contributed by atoms with Crippen LogP contribution in [0.15, 0.2) is 10.4 Å². The maximum atomic E-state index is 11.7. The lowest BCUT2D eigenvalue weighted by Gasteiger charge is -2.06. The fourth-order valence-electron chi connectivity index (χ4n) is 1.04. The zero-order chi connectivity index (χ0) is 13.0. The van der Waals surface area contributed by atoms with Crippen molar-refractivity contribution < 1.29 is 9.90 Å². The Hall–Kier alpha value is -1.96. The Morgan fingerprint density at radius 1 is 1.47 bits per heavy atom. The highest BCUT2D eigenvalue weighted by Crippen LogP contribution is 1.92. The number of likely N-dealkylation sites (N-methyl/N-ethyl adjacent to an activating group) is 1. The summed E-state index contributed by atoms with van der Waals surface area (Å²) in [7, 11) is 3.76. The van der Waals surface area contributed by atoms with Crippen molar-refractivity contribution >= 4 is 12.2 Å². The minimum Gasteiger partial charge on any atom is -0.478 e. The van der Waals surface area contributed by atoms with E-state index in [4.69, 9.17) is 5.11 Å². The minimum atomic E-state index is -1.10. The van der Waals surface area contributed by atoms with Crippen molar-refractivity contribution in [1.82, 2.24) is 24.7 Å². The molecule has 1 rings (SSSR count). The number of carboxylic acids is 1. The van der Waals surface area contributed by atoms with E-state index in [-0.39, 0.29) is 5.57 Å². The van der Waals surface area contributed by atoms with E-state index in [0.717, 1.165) is 10.9 Å². The molecule has 8 nitrogen and oxygen atoms in total. The van der Waals surface area contributed by atoms with Gasteiger partial charge in [-0.3, -0.25) is 0 Å². The normalized spacial score (nSPS) is 12.1. The van der Waals surface area contributed by atoms with Crippen molar-refractivity contribution in [2.75, 3.05) is 20.6 Å². The molecule has 0 bridgehead atoms. The van der Waals surface area contributed by atoms with Crippen LogP contribution < -0.4 is 5.69 Å². The van der Waals surface area contributed by atoms with Gasteiger partial charge in [0.2, 0.25) is 0 Å². The predicted octanol–water partition coefficient (Wildman–Crippen LogP) is -1.05. The van der Waals surface area contributed by atoms with E-state index in [9.17, 15) is 9.59 Å². The molecule has 1 aromatic heterocycles. The second-order valence-electron chi connectivity index (χ2n) is 3.85. The first-order valence-corrected chi connectivity index (χ1v) is 5.00. The number of hydrogen-bond acceptors (Lipinski definition) is 5. The average Bonchev–Trinajstić information content (AvgIpc) is 2.57. The molecular weight excluding hydrogens is 226 g/mol. The first kappa shape index (κ1) is 13.1. The Morgan fingerprint density at radius 2 is 2.12 bits per heavy atom. The lowest BCUT2D eigenvalue weighted by Crippen LogP contribution is -2.28. The lowest BCUT2D eigenvalue weighted by molar-refractivity contribution is -0.132. The zero-order valence-electron chi connectivity index (χ0n) is 9.99. The summed E-state index contributed by atoms with van der Waals surface area (Å²) >= 11 is 0. The van der Waals surface area contributed by atoms with Crippen LogP contribution in [-0.4, -0.2) is 56.4 Å². The molecule has 0 saturated carbocycles. The number of hydrogen-bond donors (Lipinski definition) is 1. The fraction of sp³-hybridized carbons (Fsp3) is 0.556. The van der Waals surface area contributed by atoms with E-state index in [0.29, 0.717) is 13.1 Å². The molecule has 0 radical (unpaired) electrons. The highest BCUT2D eigenvalue weighted by Gasteiger charge is 2.07. The number of tetrazole rings is 1. The van der Waals surface area contributed by atoms with E-state index < -0.39 is 11.7 Å². The van der Waals surface area contributed by atoms with Crippen molar-refractivity contribution in [3.63, 3.8) is 0 Å². The van der Waals surface area contributed by atoms with Crippen LogP contribution in [0.1, 0.15) is 6.92 Å². The molecule has 1 N–H and O–H groups in total. The molecule has 94 valence electrons. The van der Waals surface area contributed by atoms with Crippen molar-refractivity contribution in [2.45, 2.75) is 13.5 Å². The maximum absolute atomic E-state index is 11.7. The van der Waals surface area contributed by atoms with Gasteiger partial charge in [-0.05, 0) is 31.4 Å². The molecular formula is C9H15N5O3. The number of carboxylic acid groups (broad SMARTS) is 1. The van der Waals surface area contributed by atoms with E-state index in [1.807, 2.05) is 19.0 Å². The van der Waals surface area contributed by atoms with Gasteiger partial charge in [0.1, 0.15) is 0 Å². The number of aliphatic carboxylic acids is 1. The van der Waals surface area contributed by atoms with Gasteiger partial charge in [0.15, 0.2) is 0 Å². The first-order chi connectivity index (χ1) is 7.91. The number of rotatable bonds is 5. The Morgan fingerprint density at radius 3 is 2.65 bits per heavy atom. The summed E-state index contributed by atoms with van der Waals surface area (Å²) in [5.41, 5.74) is -0.431. The largest absolute Gasteiger partial charge is 0.478 e. The SMILES string of the molecule is C/C(=C\n1nnn(CCN(C)C)c1=O)C(=O)O. The van der Waals surface area contributed by atoms with Gasteiger partial charge in [0.25, 0.3) is 0 Å². The maximum Gasteiger partial charge on any atom is 0.367 e. The molecule has 8 heteroatoms. The van der Waals surface area contributed by atoms with Crippen LogP contribution in [-0.2, 0) is 11.3 Å². The van der Waals surface area contributed by atoms with Crippen LogP contribution in [0, 0.1) is 0 Å². The van der Waals surface area contributed by atoms with Crippen molar-refractivity contribution in [3.8, 4) is 0 Å². The van der Waals surface area contributed by atoms with Crippen LogP contribution in [0.5, 0.6) is 0 Å². The first-order valence-electron chi connectivity index (χ1n) is 5.00. The molecule has 0 spiro atoms. The highest BCUT2D eigenvalue weighted by molar-refractivity contribution is 5.89. The Bertz CT molecular complexity index is 485. The van der Waals surface area contributed by atoms with Crippen molar-refractivity contribution in [1.29, 1.82) is 0 Å². The summed E-state index contributed by atoms with van der Waals surface area (Å²) in [5, 5.41) is 15.9. The van der Waals surface area contributed by atoms with Gasteiger partial charge in [0.05, 0.1) is 12.1 Å². The smallest absolute Gasteiger partial charge is 0.367 e. The molecule has 1 aromatic rings. The molecule has 1 heterocycles. The van der Waals surface area contributed by atoms with Gasteiger partial charge in [-0.2, -0.15) is 9.36 Å². The molecule has 0 aliphatic rings. The summed E-state index contributed by atoms with van der Waals surface area (Å²) in [6, 6.07) is 0. The molecule has 0 saturated heterocycles. The molecule has 17 heavy (non-hydrogen) atoms. The molecule has 0 unspecified atom stereocenters. The van der Waals surface area contributed by atoms with Gasteiger partial charge < -0.3 is 10.0 Å². The zero-order valence-corrected chi connectivity index (χ0v) is 9.99. The van der Waals surface area contributed by atoms with Gasteiger partial charge in [-0.1, -0.05) is 0 Å². The summed E-state index contributed by atoms with van der Waals surface area (Å²) in [5.74, 6) is -1.10. The monoisotopic (exact) mass is 241 g/mol. The number of carbonyl (C=O) groups is 1. The highest BCUT2D eigenvalue weighted by atomic mass is 16.4. The third-order valence-electron chi connectivity index (χ3n) is 2.07.